The molecule has 3 aliphatic rings. The van der Waals surface area contributed by atoms with Crippen LogP contribution in [0.3, 0.4) is 0 Å². The van der Waals surface area contributed by atoms with Crippen LogP contribution in [0, 0.1) is 18.8 Å². The molecule has 0 spiro atoms. The molecular weight excluding hydrogens is 122 g/mol. The van der Waals surface area contributed by atoms with E-state index in [9.17, 15) is 0 Å². The third-order valence-electron chi connectivity index (χ3n) is 2.56. The smallest absolute Gasteiger partial charge is 0.00161 e. The first-order valence-electron chi connectivity index (χ1n) is 4.01. The van der Waals surface area contributed by atoms with Gasteiger partial charge in [-0.25, -0.2) is 0 Å². The topological polar surface area (TPSA) is 3.24 Å². The molecule has 3 fully saturated rings. The van der Waals surface area contributed by atoms with Gasteiger partial charge in [-0.2, -0.15) is 0 Å². The standard InChI is InChI=1S/C7H13N.C2H2/c1-4-8-5-2-7(1)3-6-8;1-2/h7H,1-6H2;1-2H. The number of terminal acetylenes is 1. The Balaban J connectivity index is 0.000000231. The number of rotatable bonds is 0. The Kier molecular flexibility index (Phi) is 2.77. The molecule has 2 bridgehead atoms. The van der Waals surface area contributed by atoms with Gasteiger partial charge in [0.1, 0.15) is 0 Å². The summed E-state index contributed by atoms with van der Waals surface area (Å²) in [5.41, 5.74) is 0. The molecule has 3 aliphatic heterocycles. The maximum atomic E-state index is 4.00. The van der Waals surface area contributed by atoms with Crippen molar-refractivity contribution in [3.8, 4) is 12.8 Å². The van der Waals surface area contributed by atoms with Crippen molar-refractivity contribution in [3.63, 3.8) is 0 Å². The molecule has 0 atom stereocenters. The molecular formula is C9H15N. The Morgan fingerprint density at radius 1 is 0.900 bits per heavy atom. The van der Waals surface area contributed by atoms with Gasteiger partial charge in [0.2, 0.25) is 0 Å². The minimum Gasteiger partial charge on any atom is -0.303 e. The summed E-state index contributed by atoms with van der Waals surface area (Å²) in [5.74, 6) is 1.11. The van der Waals surface area contributed by atoms with E-state index >= 15 is 0 Å². The molecule has 3 saturated heterocycles. The Labute approximate surface area is 63.4 Å². The summed E-state index contributed by atoms with van der Waals surface area (Å²) < 4.78 is 0. The zero-order valence-corrected chi connectivity index (χ0v) is 6.42. The van der Waals surface area contributed by atoms with Gasteiger partial charge in [0.25, 0.3) is 0 Å². The van der Waals surface area contributed by atoms with E-state index in [0.717, 1.165) is 5.92 Å². The van der Waals surface area contributed by atoms with E-state index in [2.05, 4.69) is 17.7 Å². The van der Waals surface area contributed by atoms with Gasteiger partial charge in [-0.3, -0.25) is 0 Å². The summed E-state index contributed by atoms with van der Waals surface area (Å²) in [7, 11) is 0. The number of fused-ring (bicyclic) bond motifs is 3. The van der Waals surface area contributed by atoms with E-state index < -0.39 is 0 Å². The van der Waals surface area contributed by atoms with Crippen LogP contribution in [-0.2, 0) is 0 Å². The van der Waals surface area contributed by atoms with Crippen LogP contribution in [0.4, 0.5) is 0 Å². The molecule has 0 saturated carbocycles. The third kappa shape index (κ3) is 1.52. The minimum absolute atomic E-state index is 1.11. The predicted molar refractivity (Wildman–Crippen MR) is 43.7 cm³/mol. The zero-order chi connectivity index (χ0) is 7.40. The molecule has 1 nitrogen and oxygen atoms in total. The molecule has 1 heteroatoms. The largest absolute Gasteiger partial charge is 0.303 e. The summed E-state index contributed by atoms with van der Waals surface area (Å²) in [6.45, 7) is 4.18. The second-order valence-corrected chi connectivity index (χ2v) is 3.07. The molecule has 56 valence electrons. The SMILES string of the molecule is C#C.C1CN2CCC1CC2. The van der Waals surface area contributed by atoms with Gasteiger partial charge in [0.05, 0.1) is 0 Å². The highest BCUT2D eigenvalue weighted by atomic mass is 15.1. The Morgan fingerprint density at radius 3 is 1.40 bits per heavy atom. The van der Waals surface area contributed by atoms with Gasteiger partial charge in [0.15, 0.2) is 0 Å². The Morgan fingerprint density at radius 2 is 1.30 bits per heavy atom. The first-order chi connectivity index (χ1) is 4.95. The fourth-order valence-corrected chi connectivity index (χ4v) is 1.86. The summed E-state index contributed by atoms with van der Waals surface area (Å²) in [6, 6.07) is 0. The van der Waals surface area contributed by atoms with Crippen molar-refractivity contribution in [1.82, 2.24) is 4.90 Å². The van der Waals surface area contributed by atoms with E-state index in [4.69, 9.17) is 0 Å². The molecule has 0 aromatic heterocycles. The fraction of sp³-hybridized carbons (Fsp3) is 0.778. The second-order valence-electron chi connectivity index (χ2n) is 3.07. The molecule has 3 heterocycles. The van der Waals surface area contributed by atoms with Gasteiger partial charge in [-0.1, -0.05) is 0 Å². The Bertz CT molecular complexity index is 86.1. The van der Waals surface area contributed by atoms with Gasteiger partial charge < -0.3 is 4.90 Å². The summed E-state index contributed by atoms with van der Waals surface area (Å²) >= 11 is 0. The molecule has 10 heavy (non-hydrogen) atoms. The summed E-state index contributed by atoms with van der Waals surface area (Å²) in [4.78, 5) is 2.58. The van der Waals surface area contributed by atoms with Gasteiger partial charge >= 0.3 is 0 Å². The monoisotopic (exact) mass is 137 g/mol. The molecule has 0 aliphatic carbocycles. The van der Waals surface area contributed by atoms with Crippen LogP contribution < -0.4 is 0 Å². The van der Waals surface area contributed by atoms with Gasteiger partial charge in [0, 0.05) is 0 Å². The van der Waals surface area contributed by atoms with Crippen molar-refractivity contribution in [3.05, 3.63) is 0 Å². The average Bonchev–Trinajstić information content (AvgIpc) is 2.11. The molecule has 0 amide bonds. The molecule has 0 aromatic rings. The van der Waals surface area contributed by atoms with Crippen LogP contribution in [0.25, 0.3) is 0 Å². The fourth-order valence-electron chi connectivity index (χ4n) is 1.86. The quantitative estimate of drug-likeness (QED) is 0.455. The van der Waals surface area contributed by atoms with Crippen LogP contribution in [0.15, 0.2) is 0 Å². The van der Waals surface area contributed by atoms with E-state index in [0.29, 0.717) is 0 Å². The van der Waals surface area contributed by atoms with Crippen molar-refractivity contribution in [2.45, 2.75) is 19.3 Å². The summed E-state index contributed by atoms with van der Waals surface area (Å²) in [6.07, 6.45) is 12.5. The number of hydrogen-bond acceptors (Lipinski definition) is 1. The highest BCUT2D eigenvalue weighted by Crippen LogP contribution is 2.26. The lowest BCUT2D eigenvalue weighted by molar-refractivity contribution is 0.111. The Hall–Kier alpha value is -0.480. The molecule has 0 aromatic carbocycles. The van der Waals surface area contributed by atoms with Crippen LogP contribution >= 0.6 is 0 Å². The first-order valence-corrected chi connectivity index (χ1v) is 4.01. The van der Waals surface area contributed by atoms with Crippen LogP contribution in [-0.4, -0.2) is 24.5 Å². The second kappa shape index (κ2) is 3.63. The normalized spacial score (nSPS) is 36.2. The highest BCUT2D eigenvalue weighted by Gasteiger charge is 2.24. The molecule has 3 rings (SSSR count). The zero-order valence-electron chi connectivity index (χ0n) is 6.42. The van der Waals surface area contributed by atoms with E-state index in [1.807, 2.05) is 0 Å². The first kappa shape index (κ1) is 7.63. The van der Waals surface area contributed by atoms with Crippen molar-refractivity contribution in [2.24, 2.45) is 5.92 Å². The van der Waals surface area contributed by atoms with Crippen molar-refractivity contribution < 1.29 is 0 Å². The maximum Gasteiger partial charge on any atom is -0.00161 e. The van der Waals surface area contributed by atoms with Crippen molar-refractivity contribution in [2.75, 3.05) is 19.6 Å². The molecule has 0 unspecified atom stereocenters. The third-order valence-corrected chi connectivity index (χ3v) is 2.56. The molecule has 0 radical (unpaired) electrons. The van der Waals surface area contributed by atoms with Gasteiger partial charge in [-0.05, 0) is 44.8 Å². The lowest BCUT2D eigenvalue weighted by atomic mass is 9.89. The highest BCUT2D eigenvalue weighted by molar-refractivity contribution is 4.78. The number of nitrogens with zero attached hydrogens (tertiary/aromatic N) is 1. The van der Waals surface area contributed by atoms with E-state index in [-0.39, 0.29) is 0 Å². The predicted octanol–water partition coefficient (Wildman–Crippen LogP) is 1.35. The van der Waals surface area contributed by atoms with E-state index in [1.165, 1.54) is 38.9 Å². The van der Waals surface area contributed by atoms with Crippen LogP contribution in [0.5, 0.6) is 0 Å². The molecule has 0 N–H and O–H groups in total. The summed E-state index contributed by atoms with van der Waals surface area (Å²) in [5, 5.41) is 0. The van der Waals surface area contributed by atoms with E-state index in [1.54, 1.807) is 0 Å². The van der Waals surface area contributed by atoms with Gasteiger partial charge in [-0.15, -0.1) is 12.8 Å². The van der Waals surface area contributed by atoms with Crippen LogP contribution in [0.2, 0.25) is 0 Å². The minimum atomic E-state index is 1.11. The maximum absolute atomic E-state index is 4.00. The van der Waals surface area contributed by atoms with Crippen LogP contribution in [0.1, 0.15) is 19.3 Å². The average molecular weight is 137 g/mol. The van der Waals surface area contributed by atoms with Crippen molar-refractivity contribution >= 4 is 0 Å². The van der Waals surface area contributed by atoms with Crippen molar-refractivity contribution in [1.29, 1.82) is 0 Å². The number of piperidine rings is 3. The lowest BCUT2D eigenvalue weighted by Crippen LogP contribution is -2.41. The lowest BCUT2D eigenvalue weighted by Gasteiger charge is -2.38. The number of hydrogen-bond donors (Lipinski definition) is 0.